The summed E-state index contributed by atoms with van der Waals surface area (Å²) >= 11 is 0. The number of rotatable bonds is 6. The van der Waals surface area contributed by atoms with Gasteiger partial charge in [0.05, 0.1) is 7.11 Å². The highest BCUT2D eigenvalue weighted by molar-refractivity contribution is 5.35. The molecule has 21 heavy (non-hydrogen) atoms. The SMILES string of the molecule is COc1ccccc1CC(C)NCc1cccc(F)c1O. The molecule has 2 N–H and O–H groups in total. The summed E-state index contributed by atoms with van der Waals surface area (Å²) in [5.74, 6) is -0.0130. The molecule has 0 saturated heterocycles. The van der Waals surface area contributed by atoms with Crippen molar-refractivity contribution in [1.29, 1.82) is 0 Å². The number of nitrogens with one attached hydrogen (secondary N) is 1. The van der Waals surface area contributed by atoms with Crippen LogP contribution in [-0.4, -0.2) is 18.3 Å². The van der Waals surface area contributed by atoms with Gasteiger partial charge in [-0.05, 0) is 31.0 Å². The predicted octanol–water partition coefficient (Wildman–Crippen LogP) is 3.26. The summed E-state index contributed by atoms with van der Waals surface area (Å²) in [6.45, 7) is 2.46. The van der Waals surface area contributed by atoms with Crippen LogP contribution in [0.15, 0.2) is 42.5 Å². The van der Waals surface area contributed by atoms with E-state index in [-0.39, 0.29) is 11.8 Å². The molecule has 0 heterocycles. The summed E-state index contributed by atoms with van der Waals surface area (Å²) in [4.78, 5) is 0. The van der Waals surface area contributed by atoms with Crippen LogP contribution in [0.2, 0.25) is 0 Å². The first kappa shape index (κ1) is 15.3. The Morgan fingerprint density at radius 1 is 1.14 bits per heavy atom. The zero-order valence-corrected chi connectivity index (χ0v) is 12.3. The molecule has 0 amide bonds. The minimum atomic E-state index is -0.591. The molecule has 4 heteroatoms. The number of hydrogen-bond acceptors (Lipinski definition) is 3. The molecular weight excluding hydrogens is 269 g/mol. The summed E-state index contributed by atoms with van der Waals surface area (Å²) in [5, 5.41) is 12.9. The molecule has 0 bridgehead atoms. The second kappa shape index (κ2) is 7.09. The first-order valence-electron chi connectivity index (χ1n) is 6.93. The highest BCUT2D eigenvalue weighted by atomic mass is 19.1. The Labute approximate surface area is 124 Å². The third kappa shape index (κ3) is 3.95. The van der Waals surface area contributed by atoms with Gasteiger partial charge in [-0.15, -0.1) is 0 Å². The Kier molecular flexibility index (Phi) is 5.17. The van der Waals surface area contributed by atoms with E-state index in [0.29, 0.717) is 12.1 Å². The molecule has 0 aliphatic heterocycles. The summed E-state index contributed by atoms with van der Waals surface area (Å²) in [5.41, 5.74) is 1.67. The summed E-state index contributed by atoms with van der Waals surface area (Å²) < 4.78 is 18.6. The number of hydrogen-bond donors (Lipinski definition) is 2. The van der Waals surface area contributed by atoms with E-state index >= 15 is 0 Å². The number of aromatic hydroxyl groups is 1. The molecule has 0 spiro atoms. The highest BCUT2D eigenvalue weighted by Crippen LogP contribution is 2.21. The number of para-hydroxylation sites is 2. The fourth-order valence-corrected chi connectivity index (χ4v) is 2.26. The van der Waals surface area contributed by atoms with Gasteiger partial charge in [-0.3, -0.25) is 0 Å². The quantitative estimate of drug-likeness (QED) is 0.857. The fourth-order valence-electron chi connectivity index (χ4n) is 2.26. The third-order valence-corrected chi connectivity index (χ3v) is 3.43. The minimum absolute atomic E-state index is 0.170. The molecule has 0 saturated carbocycles. The van der Waals surface area contributed by atoms with Crippen LogP contribution in [0.25, 0.3) is 0 Å². The molecule has 0 fully saturated rings. The van der Waals surface area contributed by atoms with E-state index in [4.69, 9.17) is 4.74 Å². The Hall–Kier alpha value is -2.07. The lowest BCUT2D eigenvalue weighted by atomic mass is 10.1. The highest BCUT2D eigenvalue weighted by Gasteiger charge is 2.10. The van der Waals surface area contributed by atoms with Crippen LogP contribution >= 0.6 is 0 Å². The van der Waals surface area contributed by atoms with Crippen LogP contribution < -0.4 is 10.1 Å². The second-order valence-electron chi connectivity index (χ2n) is 5.05. The van der Waals surface area contributed by atoms with Gasteiger partial charge in [0.15, 0.2) is 11.6 Å². The van der Waals surface area contributed by atoms with Crippen molar-refractivity contribution in [3.8, 4) is 11.5 Å². The van der Waals surface area contributed by atoms with Crippen LogP contribution in [0.4, 0.5) is 4.39 Å². The predicted molar refractivity (Wildman–Crippen MR) is 81.1 cm³/mol. The van der Waals surface area contributed by atoms with Crippen molar-refractivity contribution in [2.75, 3.05) is 7.11 Å². The summed E-state index contributed by atoms with van der Waals surface area (Å²) in [7, 11) is 1.65. The fraction of sp³-hybridized carbons (Fsp3) is 0.294. The third-order valence-electron chi connectivity index (χ3n) is 3.43. The normalized spacial score (nSPS) is 12.1. The monoisotopic (exact) mass is 289 g/mol. The van der Waals surface area contributed by atoms with E-state index in [1.54, 1.807) is 19.2 Å². The van der Waals surface area contributed by atoms with E-state index in [9.17, 15) is 9.50 Å². The molecule has 2 rings (SSSR count). The van der Waals surface area contributed by atoms with E-state index in [1.165, 1.54) is 6.07 Å². The lowest BCUT2D eigenvalue weighted by molar-refractivity contribution is 0.404. The van der Waals surface area contributed by atoms with Gasteiger partial charge in [0.25, 0.3) is 0 Å². The van der Waals surface area contributed by atoms with Gasteiger partial charge in [-0.25, -0.2) is 4.39 Å². The first-order chi connectivity index (χ1) is 10.1. The van der Waals surface area contributed by atoms with Crippen LogP contribution in [-0.2, 0) is 13.0 Å². The van der Waals surface area contributed by atoms with Crippen molar-refractivity contribution in [2.45, 2.75) is 25.9 Å². The zero-order chi connectivity index (χ0) is 15.2. The topological polar surface area (TPSA) is 41.5 Å². The second-order valence-corrected chi connectivity index (χ2v) is 5.05. The van der Waals surface area contributed by atoms with Gasteiger partial charge in [-0.1, -0.05) is 30.3 Å². The summed E-state index contributed by atoms with van der Waals surface area (Å²) in [6, 6.07) is 12.6. The number of ether oxygens (including phenoxy) is 1. The maximum absolute atomic E-state index is 13.3. The van der Waals surface area contributed by atoms with Crippen molar-refractivity contribution < 1.29 is 14.2 Å². The maximum atomic E-state index is 13.3. The Morgan fingerprint density at radius 3 is 2.62 bits per heavy atom. The van der Waals surface area contributed by atoms with Crippen molar-refractivity contribution in [1.82, 2.24) is 5.32 Å². The molecule has 1 unspecified atom stereocenters. The van der Waals surface area contributed by atoms with Gasteiger partial charge in [-0.2, -0.15) is 0 Å². The molecule has 0 aliphatic carbocycles. The lowest BCUT2D eigenvalue weighted by Crippen LogP contribution is -2.27. The lowest BCUT2D eigenvalue weighted by Gasteiger charge is -2.16. The van der Waals surface area contributed by atoms with Crippen LogP contribution in [0, 0.1) is 5.82 Å². The minimum Gasteiger partial charge on any atom is -0.505 e. The van der Waals surface area contributed by atoms with Crippen molar-refractivity contribution in [2.24, 2.45) is 0 Å². The van der Waals surface area contributed by atoms with E-state index in [0.717, 1.165) is 17.7 Å². The van der Waals surface area contributed by atoms with Crippen LogP contribution in [0.5, 0.6) is 11.5 Å². The molecule has 1 atom stereocenters. The largest absolute Gasteiger partial charge is 0.505 e. The number of methoxy groups -OCH3 is 1. The number of phenols is 1. The Balaban J connectivity index is 1.96. The van der Waals surface area contributed by atoms with Gasteiger partial charge in [0, 0.05) is 18.2 Å². The molecule has 0 aliphatic rings. The number of halogens is 1. The maximum Gasteiger partial charge on any atom is 0.165 e. The van der Waals surface area contributed by atoms with E-state index in [2.05, 4.69) is 5.32 Å². The molecule has 2 aromatic rings. The van der Waals surface area contributed by atoms with Crippen molar-refractivity contribution in [3.05, 3.63) is 59.4 Å². The van der Waals surface area contributed by atoms with E-state index in [1.807, 2.05) is 31.2 Å². The molecule has 112 valence electrons. The molecule has 3 nitrogen and oxygen atoms in total. The average molecular weight is 289 g/mol. The Bertz CT molecular complexity index is 601. The standard InChI is InChI=1S/C17H20FNO2/c1-12(10-13-6-3-4-9-16(13)21-2)19-11-14-7-5-8-15(18)17(14)20/h3-9,12,19-20H,10-11H2,1-2H3. The van der Waals surface area contributed by atoms with Gasteiger partial charge in [0.2, 0.25) is 0 Å². The van der Waals surface area contributed by atoms with Crippen molar-refractivity contribution >= 4 is 0 Å². The first-order valence-corrected chi connectivity index (χ1v) is 6.93. The average Bonchev–Trinajstić information content (AvgIpc) is 2.49. The molecule has 0 radical (unpaired) electrons. The molecule has 2 aromatic carbocycles. The summed E-state index contributed by atoms with van der Waals surface area (Å²) in [6.07, 6.45) is 0.792. The van der Waals surface area contributed by atoms with Crippen LogP contribution in [0.1, 0.15) is 18.1 Å². The van der Waals surface area contributed by atoms with Gasteiger partial charge >= 0.3 is 0 Å². The van der Waals surface area contributed by atoms with Gasteiger partial charge in [0.1, 0.15) is 5.75 Å². The van der Waals surface area contributed by atoms with Crippen molar-refractivity contribution in [3.63, 3.8) is 0 Å². The van der Waals surface area contributed by atoms with Crippen LogP contribution in [0.3, 0.4) is 0 Å². The molecule has 0 aromatic heterocycles. The number of benzene rings is 2. The number of phenolic OH excluding ortho intramolecular Hbond substituents is 1. The smallest absolute Gasteiger partial charge is 0.165 e. The van der Waals surface area contributed by atoms with E-state index < -0.39 is 5.82 Å². The zero-order valence-electron chi connectivity index (χ0n) is 12.3. The molecular formula is C17H20FNO2. The van der Waals surface area contributed by atoms with Gasteiger partial charge < -0.3 is 15.2 Å². The Morgan fingerprint density at radius 2 is 1.86 bits per heavy atom.